The minimum atomic E-state index is -1.82. The molecule has 0 aromatic heterocycles. The number of alkyl halides is 5. The molecule has 0 amide bonds. The first-order valence-electron chi connectivity index (χ1n) is 4.33. The Balaban J connectivity index is 2.73. The van der Waals surface area contributed by atoms with Crippen LogP contribution in [-0.4, -0.2) is 15.5 Å². The number of hydrogen-bond acceptors (Lipinski definition) is 1. The molecule has 1 aliphatic rings. The molecular weight excluding hydrogens is 313 g/mol. The summed E-state index contributed by atoms with van der Waals surface area (Å²) in [5.74, 6) is -0.483. The first-order chi connectivity index (χ1) is 7.29. The lowest BCUT2D eigenvalue weighted by atomic mass is 9.88. The number of benzene rings is 1. The van der Waals surface area contributed by atoms with E-state index in [0.717, 1.165) is 0 Å². The van der Waals surface area contributed by atoms with Crippen molar-refractivity contribution in [2.45, 2.75) is 14.0 Å². The summed E-state index contributed by atoms with van der Waals surface area (Å²) < 4.78 is -3.31. The molecule has 0 spiro atoms. The summed E-state index contributed by atoms with van der Waals surface area (Å²) in [6.45, 7) is 0. The number of halogens is 5. The van der Waals surface area contributed by atoms with E-state index < -0.39 is 19.8 Å². The van der Waals surface area contributed by atoms with Crippen molar-refractivity contribution in [3.8, 4) is 0 Å². The SMILES string of the molecule is O=C1c2ccccc2C(Cl)(Cl)[C@@H](Cl)C1(Cl)Cl. The third-order valence-electron chi connectivity index (χ3n) is 2.47. The van der Waals surface area contributed by atoms with Gasteiger partial charge in [0, 0.05) is 11.1 Å². The lowest BCUT2D eigenvalue weighted by Gasteiger charge is -2.38. The first kappa shape index (κ1) is 12.8. The van der Waals surface area contributed by atoms with Gasteiger partial charge in [0.1, 0.15) is 5.38 Å². The van der Waals surface area contributed by atoms with Crippen molar-refractivity contribution in [2.24, 2.45) is 0 Å². The van der Waals surface area contributed by atoms with Crippen LogP contribution in [0.25, 0.3) is 0 Å². The summed E-state index contributed by atoms with van der Waals surface area (Å²) in [7, 11) is 0. The number of Topliss-reactive ketones (excluding diaryl/α,β-unsaturated/α-hetero) is 1. The van der Waals surface area contributed by atoms with Crippen LogP contribution in [0.1, 0.15) is 15.9 Å². The fourth-order valence-corrected chi connectivity index (χ4v) is 3.26. The average Bonchev–Trinajstić information content (AvgIpc) is 2.25. The Labute approximate surface area is 118 Å². The van der Waals surface area contributed by atoms with Gasteiger partial charge in [-0.15, -0.1) is 11.6 Å². The molecule has 1 nitrogen and oxygen atoms in total. The van der Waals surface area contributed by atoms with Gasteiger partial charge in [-0.3, -0.25) is 4.79 Å². The van der Waals surface area contributed by atoms with Crippen LogP contribution in [0.3, 0.4) is 0 Å². The van der Waals surface area contributed by atoms with Crippen LogP contribution in [0.4, 0.5) is 0 Å². The summed E-state index contributed by atoms with van der Waals surface area (Å²) in [6, 6.07) is 6.59. The number of hydrogen-bond donors (Lipinski definition) is 0. The number of carbonyl (C=O) groups is 1. The summed E-state index contributed by atoms with van der Waals surface area (Å²) in [4.78, 5) is 12.0. The van der Waals surface area contributed by atoms with Crippen LogP contribution in [0.2, 0.25) is 0 Å². The molecule has 0 N–H and O–H groups in total. The molecule has 0 unspecified atom stereocenters. The number of carbonyl (C=O) groups excluding carboxylic acids is 1. The topological polar surface area (TPSA) is 17.1 Å². The molecule has 0 fully saturated rings. The van der Waals surface area contributed by atoms with Crippen LogP contribution in [0.5, 0.6) is 0 Å². The molecule has 1 aromatic rings. The van der Waals surface area contributed by atoms with E-state index >= 15 is 0 Å². The van der Waals surface area contributed by atoms with E-state index in [1.54, 1.807) is 24.3 Å². The zero-order valence-electron chi connectivity index (χ0n) is 7.68. The Morgan fingerprint density at radius 3 is 2.19 bits per heavy atom. The van der Waals surface area contributed by atoms with Crippen molar-refractivity contribution in [3.05, 3.63) is 35.4 Å². The largest absolute Gasteiger partial charge is 0.291 e. The van der Waals surface area contributed by atoms with Gasteiger partial charge in [-0.05, 0) is 0 Å². The van der Waals surface area contributed by atoms with Crippen LogP contribution in [-0.2, 0) is 4.33 Å². The molecule has 0 bridgehead atoms. The molecule has 2 rings (SSSR count). The van der Waals surface area contributed by atoms with Crippen molar-refractivity contribution in [2.75, 3.05) is 0 Å². The van der Waals surface area contributed by atoms with E-state index in [9.17, 15) is 4.79 Å². The van der Waals surface area contributed by atoms with E-state index in [0.29, 0.717) is 11.1 Å². The van der Waals surface area contributed by atoms with E-state index in [1.807, 2.05) is 0 Å². The summed E-state index contributed by atoms with van der Waals surface area (Å²) >= 11 is 30.0. The Morgan fingerprint density at radius 1 is 1.00 bits per heavy atom. The van der Waals surface area contributed by atoms with Crippen LogP contribution < -0.4 is 0 Å². The smallest absolute Gasteiger partial charge is 0.200 e. The lowest BCUT2D eigenvalue weighted by Crippen LogP contribution is -2.49. The molecule has 0 saturated carbocycles. The summed E-state index contributed by atoms with van der Waals surface area (Å²) in [5, 5.41) is -1.12. The second-order valence-corrected chi connectivity index (χ2v) is 6.69. The number of fused-ring (bicyclic) bond motifs is 1. The minimum Gasteiger partial charge on any atom is -0.291 e. The zero-order chi connectivity index (χ0) is 12.1. The maximum Gasteiger partial charge on any atom is 0.200 e. The predicted octanol–water partition coefficient (Wildman–Crippen LogP) is 4.29. The van der Waals surface area contributed by atoms with Crippen molar-refractivity contribution < 1.29 is 4.79 Å². The van der Waals surface area contributed by atoms with Gasteiger partial charge in [0.05, 0.1) is 0 Å². The Kier molecular flexibility index (Phi) is 3.14. The van der Waals surface area contributed by atoms with Gasteiger partial charge in [0.2, 0.25) is 5.78 Å². The summed E-state index contributed by atoms with van der Waals surface area (Å²) in [5.41, 5.74) is 0.731. The first-order valence-corrected chi connectivity index (χ1v) is 6.28. The van der Waals surface area contributed by atoms with Gasteiger partial charge in [-0.25, -0.2) is 0 Å². The Hall–Kier alpha value is 0.340. The molecule has 0 aliphatic heterocycles. The van der Waals surface area contributed by atoms with Gasteiger partial charge < -0.3 is 0 Å². The van der Waals surface area contributed by atoms with Crippen LogP contribution >= 0.6 is 58.0 Å². The zero-order valence-corrected chi connectivity index (χ0v) is 11.5. The predicted molar refractivity (Wildman–Crippen MR) is 68.2 cm³/mol. The third-order valence-corrected chi connectivity index (χ3v) is 5.19. The van der Waals surface area contributed by atoms with Crippen molar-refractivity contribution >= 4 is 63.8 Å². The maximum atomic E-state index is 12.0. The maximum absolute atomic E-state index is 12.0. The Bertz CT molecular complexity index is 454. The van der Waals surface area contributed by atoms with Gasteiger partial charge in [0.15, 0.2) is 8.67 Å². The molecule has 16 heavy (non-hydrogen) atoms. The van der Waals surface area contributed by atoms with Crippen molar-refractivity contribution in [1.82, 2.24) is 0 Å². The second-order valence-electron chi connectivity index (χ2n) is 3.48. The standard InChI is InChI=1S/C10H5Cl5O/c11-8-9(12,13)6-4-2-1-3-5(6)7(16)10(8,14)15/h1-4,8H/t8-/m1/s1. The van der Waals surface area contributed by atoms with Crippen LogP contribution in [0, 0.1) is 0 Å². The van der Waals surface area contributed by atoms with E-state index in [-0.39, 0.29) is 0 Å². The van der Waals surface area contributed by atoms with E-state index in [2.05, 4.69) is 0 Å². The highest BCUT2D eigenvalue weighted by molar-refractivity contribution is 6.67. The lowest BCUT2D eigenvalue weighted by molar-refractivity contribution is 0.0959. The second kappa shape index (κ2) is 3.93. The summed E-state index contributed by atoms with van der Waals surface area (Å²) in [6.07, 6.45) is 0. The molecule has 1 aliphatic carbocycles. The normalized spacial score (nSPS) is 26.3. The van der Waals surface area contributed by atoms with Gasteiger partial charge >= 0.3 is 0 Å². The average molecular weight is 318 g/mol. The fourth-order valence-electron chi connectivity index (χ4n) is 1.63. The molecule has 0 radical (unpaired) electrons. The van der Waals surface area contributed by atoms with Gasteiger partial charge in [0.25, 0.3) is 0 Å². The molecule has 0 saturated heterocycles. The minimum absolute atomic E-state index is 0.300. The Morgan fingerprint density at radius 2 is 1.56 bits per heavy atom. The highest BCUT2D eigenvalue weighted by Gasteiger charge is 2.57. The molecule has 1 atom stereocenters. The highest BCUT2D eigenvalue weighted by Crippen LogP contribution is 2.54. The third kappa shape index (κ3) is 1.65. The molecule has 86 valence electrons. The van der Waals surface area contributed by atoms with Crippen molar-refractivity contribution in [3.63, 3.8) is 0 Å². The van der Waals surface area contributed by atoms with Gasteiger partial charge in [-0.1, -0.05) is 70.7 Å². The fraction of sp³-hybridized carbons (Fsp3) is 0.300. The molecular formula is C10H5Cl5O. The van der Waals surface area contributed by atoms with Crippen molar-refractivity contribution in [1.29, 1.82) is 0 Å². The van der Waals surface area contributed by atoms with Crippen LogP contribution in [0.15, 0.2) is 24.3 Å². The molecule has 1 aromatic carbocycles. The molecule has 6 heteroatoms. The monoisotopic (exact) mass is 316 g/mol. The van der Waals surface area contributed by atoms with E-state index in [4.69, 9.17) is 58.0 Å². The van der Waals surface area contributed by atoms with Gasteiger partial charge in [-0.2, -0.15) is 0 Å². The highest BCUT2D eigenvalue weighted by atomic mass is 35.5. The quantitative estimate of drug-likeness (QED) is 0.652. The number of rotatable bonds is 0. The van der Waals surface area contributed by atoms with E-state index in [1.165, 1.54) is 0 Å². The molecule has 0 heterocycles. The number of ketones is 1.